The van der Waals surface area contributed by atoms with Gasteiger partial charge in [-0.1, -0.05) is 0 Å². The third-order valence-corrected chi connectivity index (χ3v) is 2.82. The van der Waals surface area contributed by atoms with Crippen LogP contribution in [0.5, 0.6) is 0 Å². The lowest BCUT2D eigenvalue weighted by molar-refractivity contribution is 0.0649. The van der Waals surface area contributed by atoms with Crippen molar-refractivity contribution in [3.05, 3.63) is 28.8 Å². The summed E-state index contributed by atoms with van der Waals surface area (Å²) >= 11 is 0. The molecule has 0 aliphatic heterocycles. The summed E-state index contributed by atoms with van der Waals surface area (Å²) < 4.78 is 10.9. The zero-order chi connectivity index (χ0) is 14.0. The summed E-state index contributed by atoms with van der Waals surface area (Å²) in [4.78, 5) is 41.3. The fraction of sp³-hybridized carbons (Fsp3) is 0. The van der Waals surface area contributed by atoms with Crippen LogP contribution in [0.3, 0.4) is 0 Å². The van der Waals surface area contributed by atoms with Gasteiger partial charge in [0.1, 0.15) is 5.56 Å². The molecule has 0 saturated heterocycles. The summed E-state index contributed by atoms with van der Waals surface area (Å²) in [6.45, 7) is 0. The summed E-state index contributed by atoms with van der Waals surface area (Å²) in [6.07, 6.45) is 0. The molecule has 0 spiro atoms. The maximum atomic E-state index is 10.9. The first kappa shape index (κ1) is 13.8. The number of benzene rings is 1. The van der Waals surface area contributed by atoms with Crippen LogP contribution in [0.25, 0.3) is 0 Å². The number of aromatic carboxylic acids is 3. The van der Waals surface area contributed by atoms with Gasteiger partial charge in [0.05, 0.1) is 11.1 Å². The van der Waals surface area contributed by atoms with Gasteiger partial charge >= 0.3 is 25.9 Å². The minimum absolute atomic E-state index is 0.549. The van der Waals surface area contributed by atoms with E-state index in [0.29, 0.717) is 12.1 Å². The van der Waals surface area contributed by atoms with Crippen molar-refractivity contribution >= 4 is 31.2 Å². The topological polar surface area (TPSA) is 149 Å². The van der Waals surface area contributed by atoms with E-state index in [-0.39, 0.29) is 0 Å². The van der Waals surface area contributed by atoms with E-state index >= 15 is 0 Å². The first-order chi connectivity index (χ1) is 8.25. The van der Waals surface area contributed by atoms with Crippen LogP contribution < -0.4 is 5.30 Å². The Bertz CT molecular complexity index is 478. The first-order valence-corrected chi connectivity index (χ1v) is 5.51. The van der Waals surface area contributed by atoms with Crippen molar-refractivity contribution in [2.75, 3.05) is 0 Å². The van der Waals surface area contributed by atoms with Gasteiger partial charge in [0.2, 0.25) is 5.30 Å². The molecule has 0 fully saturated rings. The normalized spacial score (nSPS) is 10.8. The van der Waals surface area contributed by atoms with E-state index in [2.05, 4.69) is 0 Å². The zero-order valence-electron chi connectivity index (χ0n) is 8.52. The molecule has 0 radical (unpaired) electrons. The Hall–Kier alpha value is -2.31. The van der Waals surface area contributed by atoms with Crippen molar-refractivity contribution < 1.29 is 39.2 Å². The van der Waals surface area contributed by atoms with Crippen molar-refractivity contribution in [3.63, 3.8) is 0 Å². The molecule has 0 saturated carbocycles. The van der Waals surface area contributed by atoms with Crippen LogP contribution in [-0.2, 0) is 4.57 Å². The third-order valence-electron chi connectivity index (χ3n) is 2.03. The second-order valence-electron chi connectivity index (χ2n) is 3.10. The summed E-state index contributed by atoms with van der Waals surface area (Å²) in [6, 6.07) is 1.13. The molecule has 0 amide bonds. The molecule has 8 nitrogen and oxygen atoms in total. The molecule has 1 atom stereocenters. The van der Waals surface area contributed by atoms with E-state index in [1.54, 1.807) is 0 Å². The minimum atomic E-state index is -3.11. The predicted molar refractivity (Wildman–Crippen MR) is 56.8 cm³/mol. The quantitative estimate of drug-likeness (QED) is 0.566. The molecule has 0 aliphatic carbocycles. The number of hydrogen-bond acceptors (Lipinski definition) is 4. The predicted octanol–water partition coefficient (Wildman–Crippen LogP) is 0.141. The summed E-state index contributed by atoms with van der Waals surface area (Å²) in [5, 5.41) is 25.7. The monoisotopic (exact) mass is 273 g/mol. The van der Waals surface area contributed by atoms with Crippen LogP contribution in [-0.4, -0.2) is 38.1 Å². The number of carboxylic acid groups (broad SMARTS) is 3. The summed E-state index contributed by atoms with van der Waals surface area (Å²) in [7, 11) is -3.11. The lowest BCUT2D eigenvalue weighted by Crippen LogP contribution is -2.19. The average Bonchev–Trinajstić information content (AvgIpc) is 2.26. The van der Waals surface area contributed by atoms with E-state index < -0.39 is 47.9 Å². The Kier molecular flexibility index (Phi) is 3.75. The lowest BCUT2D eigenvalue weighted by atomic mass is 10.0. The highest BCUT2D eigenvalue weighted by molar-refractivity contribution is 7.47. The molecule has 4 N–H and O–H groups in total. The molecule has 1 aromatic carbocycles. The van der Waals surface area contributed by atoms with Crippen molar-refractivity contribution in [2.45, 2.75) is 0 Å². The van der Waals surface area contributed by atoms with Crippen LogP contribution in [0.15, 0.2) is 12.1 Å². The molecule has 0 aromatic heterocycles. The number of carbonyl (C=O) groups is 3. The maximum absolute atomic E-state index is 10.9. The fourth-order valence-electron chi connectivity index (χ4n) is 1.27. The molecule has 9 heteroatoms. The smallest absolute Gasteiger partial charge is 0.478 e. The van der Waals surface area contributed by atoms with Gasteiger partial charge in [0.25, 0.3) is 0 Å². The van der Waals surface area contributed by atoms with Gasteiger partial charge in [-0.2, -0.15) is 4.89 Å². The molecule has 1 rings (SSSR count). The van der Waals surface area contributed by atoms with Crippen LogP contribution in [0.1, 0.15) is 31.1 Å². The molecule has 1 aromatic rings. The van der Waals surface area contributed by atoms with Crippen molar-refractivity contribution in [1.82, 2.24) is 0 Å². The van der Waals surface area contributed by atoms with Crippen molar-refractivity contribution in [2.24, 2.45) is 0 Å². The molecule has 0 bridgehead atoms. The highest BCUT2D eigenvalue weighted by Gasteiger charge is 2.31. The largest absolute Gasteiger partial charge is 0.547 e. The number of hydrogen-bond donors (Lipinski definition) is 4. The molecule has 18 heavy (non-hydrogen) atoms. The second kappa shape index (κ2) is 4.91. The molecule has 0 heterocycles. The second-order valence-corrected chi connectivity index (χ2v) is 4.13. The zero-order valence-corrected chi connectivity index (χ0v) is 9.42. The van der Waals surface area contributed by atoms with Gasteiger partial charge in [0.15, 0.2) is 0 Å². The standard InChI is InChI=1S/C9H5O8P/c10-7(11)3-1-5(9(14)15)6(18(16)17)2-4(3)8(12)13/h1-2H,(H3-,10,11,12,13,14,15,16,17)/p+1. The van der Waals surface area contributed by atoms with Crippen molar-refractivity contribution in [1.29, 1.82) is 0 Å². The van der Waals surface area contributed by atoms with Gasteiger partial charge in [0, 0.05) is 6.07 Å². The number of carboxylic acids is 3. The van der Waals surface area contributed by atoms with Crippen molar-refractivity contribution in [3.8, 4) is 0 Å². The van der Waals surface area contributed by atoms with Crippen LogP contribution >= 0.6 is 8.03 Å². The minimum Gasteiger partial charge on any atom is -0.478 e. The Morgan fingerprint density at radius 1 is 0.833 bits per heavy atom. The highest BCUT2D eigenvalue weighted by Crippen LogP contribution is 2.21. The maximum Gasteiger partial charge on any atom is 0.547 e. The average molecular weight is 273 g/mol. The first-order valence-electron chi connectivity index (χ1n) is 4.29. The van der Waals surface area contributed by atoms with Crippen LogP contribution in [0.2, 0.25) is 0 Å². The third kappa shape index (κ3) is 2.50. The van der Waals surface area contributed by atoms with Gasteiger partial charge in [-0.25, -0.2) is 14.4 Å². The molecule has 94 valence electrons. The van der Waals surface area contributed by atoms with Gasteiger partial charge in [-0.15, -0.1) is 0 Å². The molecule has 0 aliphatic rings. The van der Waals surface area contributed by atoms with Crippen LogP contribution in [0, 0.1) is 0 Å². The summed E-state index contributed by atoms with van der Waals surface area (Å²) in [5.41, 5.74) is -2.23. The van der Waals surface area contributed by atoms with E-state index in [1.165, 1.54) is 0 Å². The Balaban J connectivity index is 3.71. The van der Waals surface area contributed by atoms with Crippen LogP contribution in [0.4, 0.5) is 0 Å². The Morgan fingerprint density at radius 3 is 1.56 bits per heavy atom. The Morgan fingerprint density at radius 2 is 1.22 bits per heavy atom. The lowest BCUT2D eigenvalue weighted by Gasteiger charge is -2.02. The highest BCUT2D eigenvalue weighted by atomic mass is 31.1. The summed E-state index contributed by atoms with van der Waals surface area (Å²) in [5.74, 6) is -4.90. The van der Waals surface area contributed by atoms with E-state index in [4.69, 9.17) is 20.2 Å². The SMILES string of the molecule is O=C(O)c1cc(C(=O)O)c([P+](=O)O)cc1C(=O)O. The molecular weight excluding hydrogens is 267 g/mol. The molecule has 1 unspecified atom stereocenters. The molecular formula is C9H6O8P+. The van der Waals surface area contributed by atoms with E-state index in [9.17, 15) is 18.9 Å². The fourth-order valence-corrected chi connectivity index (χ4v) is 1.88. The number of rotatable bonds is 4. The van der Waals surface area contributed by atoms with E-state index in [1.807, 2.05) is 0 Å². The van der Waals surface area contributed by atoms with Gasteiger partial charge < -0.3 is 15.3 Å². The van der Waals surface area contributed by atoms with Gasteiger partial charge in [-0.3, -0.25) is 0 Å². The van der Waals surface area contributed by atoms with Gasteiger partial charge in [-0.05, 0) is 10.6 Å². The van der Waals surface area contributed by atoms with E-state index in [0.717, 1.165) is 0 Å². The Labute approximate surface area is 100.0 Å².